The van der Waals surface area contributed by atoms with Gasteiger partial charge < -0.3 is 26.6 Å². The first kappa shape index (κ1) is 41.2. The molecule has 4 amide bonds. The fourth-order valence-electron chi connectivity index (χ4n) is 4.92. The molecule has 0 aliphatic rings. The van der Waals surface area contributed by atoms with Crippen molar-refractivity contribution in [3.8, 4) is 0 Å². The standard InChI is InChI=1S/C31H51N5O9/c1-8-23(32-7)14-28(42)34-25(11-20(4)39)16-30(44)36-27(13-22(6)41)17-31(45)35-26(12-21(5)40)15-29(43)33-24(9-18(2)37)10-19(3)38/h23-27,32H,8-17H2,1-7H3,(H,33,43)(H,34,42)(H,35,45)(H,36,44). The van der Waals surface area contributed by atoms with Gasteiger partial charge in [0, 0.05) is 88.0 Å². The number of rotatable bonds is 24. The Morgan fingerprint density at radius 3 is 0.756 bits per heavy atom. The van der Waals surface area contributed by atoms with Crippen LogP contribution in [0.25, 0.3) is 0 Å². The molecule has 4 unspecified atom stereocenters. The highest BCUT2D eigenvalue weighted by Crippen LogP contribution is 2.09. The molecule has 0 saturated heterocycles. The Morgan fingerprint density at radius 2 is 0.578 bits per heavy atom. The van der Waals surface area contributed by atoms with Crippen molar-refractivity contribution in [1.29, 1.82) is 0 Å². The van der Waals surface area contributed by atoms with Gasteiger partial charge in [-0.15, -0.1) is 0 Å². The van der Waals surface area contributed by atoms with Crippen LogP contribution in [0.1, 0.15) is 106 Å². The summed E-state index contributed by atoms with van der Waals surface area (Å²) in [7, 11) is 1.73. The van der Waals surface area contributed by atoms with Crippen molar-refractivity contribution >= 4 is 52.5 Å². The normalized spacial score (nSPS) is 13.5. The molecule has 0 aromatic heterocycles. The zero-order valence-corrected chi connectivity index (χ0v) is 27.6. The molecule has 0 fully saturated rings. The highest BCUT2D eigenvalue weighted by atomic mass is 16.2. The predicted molar refractivity (Wildman–Crippen MR) is 166 cm³/mol. The summed E-state index contributed by atoms with van der Waals surface area (Å²) >= 11 is 0. The second kappa shape index (κ2) is 21.8. The van der Waals surface area contributed by atoms with E-state index < -0.39 is 41.9 Å². The molecule has 0 radical (unpaired) electrons. The minimum atomic E-state index is -0.931. The van der Waals surface area contributed by atoms with E-state index in [1.54, 1.807) is 7.05 Å². The number of nitrogens with one attached hydrogen (secondary N) is 5. The van der Waals surface area contributed by atoms with Gasteiger partial charge in [0.25, 0.3) is 0 Å². The lowest BCUT2D eigenvalue weighted by molar-refractivity contribution is -0.127. The van der Waals surface area contributed by atoms with Crippen molar-refractivity contribution in [3.05, 3.63) is 0 Å². The van der Waals surface area contributed by atoms with E-state index in [-0.39, 0.29) is 98.7 Å². The van der Waals surface area contributed by atoms with Gasteiger partial charge in [0.05, 0.1) is 0 Å². The van der Waals surface area contributed by atoms with Gasteiger partial charge in [0.1, 0.15) is 28.9 Å². The highest BCUT2D eigenvalue weighted by molar-refractivity contribution is 5.87. The number of carbonyl (C=O) groups excluding carboxylic acids is 9. The van der Waals surface area contributed by atoms with E-state index in [2.05, 4.69) is 26.6 Å². The summed E-state index contributed by atoms with van der Waals surface area (Å²) < 4.78 is 0. The highest BCUT2D eigenvalue weighted by Gasteiger charge is 2.26. The lowest BCUT2D eigenvalue weighted by Crippen LogP contribution is -2.47. The molecule has 14 nitrogen and oxygen atoms in total. The number of hydrogen-bond donors (Lipinski definition) is 5. The third kappa shape index (κ3) is 21.5. The first-order valence-corrected chi connectivity index (χ1v) is 15.3. The quantitative estimate of drug-likeness (QED) is 0.0981. The largest absolute Gasteiger partial charge is 0.352 e. The third-order valence-electron chi connectivity index (χ3n) is 6.76. The van der Waals surface area contributed by atoms with Crippen LogP contribution < -0.4 is 26.6 Å². The Labute approximate surface area is 265 Å². The van der Waals surface area contributed by atoms with E-state index in [0.717, 1.165) is 0 Å². The summed E-state index contributed by atoms with van der Waals surface area (Å²) in [4.78, 5) is 110. The molecular formula is C31H51N5O9. The predicted octanol–water partition coefficient (Wildman–Crippen LogP) is 0.380. The van der Waals surface area contributed by atoms with Crippen molar-refractivity contribution in [2.24, 2.45) is 0 Å². The topological polar surface area (TPSA) is 214 Å². The second-order valence-corrected chi connectivity index (χ2v) is 11.8. The van der Waals surface area contributed by atoms with Gasteiger partial charge in [-0.3, -0.25) is 43.2 Å². The summed E-state index contributed by atoms with van der Waals surface area (Å²) in [6, 6.07) is -3.43. The maximum Gasteiger partial charge on any atom is 0.222 e. The minimum Gasteiger partial charge on any atom is -0.352 e. The number of amides is 4. The fraction of sp³-hybridized carbons (Fsp3) is 0.710. The number of ketones is 5. The van der Waals surface area contributed by atoms with Gasteiger partial charge in [-0.05, 0) is 48.1 Å². The van der Waals surface area contributed by atoms with E-state index in [1.807, 2.05) is 6.92 Å². The van der Waals surface area contributed by atoms with Crippen LogP contribution in [0.3, 0.4) is 0 Å². The molecule has 0 aliphatic carbocycles. The van der Waals surface area contributed by atoms with E-state index in [4.69, 9.17) is 0 Å². The first-order chi connectivity index (χ1) is 20.9. The fourth-order valence-corrected chi connectivity index (χ4v) is 4.92. The van der Waals surface area contributed by atoms with Gasteiger partial charge in [-0.25, -0.2) is 0 Å². The van der Waals surface area contributed by atoms with E-state index in [0.29, 0.717) is 6.42 Å². The van der Waals surface area contributed by atoms with E-state index >= 15 is 0 Å². The molecule has 14 heteroatoms. The summed E-state index contributed by atoms with van der Waals surface area (Å²) in [5.41, 5.74) is 0. The number of hydrogen-bond acceptors (Lipinski definition) is 10. The monoisotopic (exact) mass is 637 g/mol. The maximum absolute atomic E-state index is 13.0. The van der Waals surface area contributed by atoms with Crippen LogP contribution in [-0.4, -0.2) is 89.8 Å². The number of carbonyl (C=O) groups is 9. The summed E-state index contributed by atoms with van der Waals surface area (Å²) in [5.74, 6) is -3.39. The van der Waals surface area contributed by atoms with Gasteiger partial charge >= 0.3 is 0 Å². The Morgan fingerprint density at radius 1 is 0.378 bits per heavy atom. The van der Waals surface area contributed by atoms with Gasteiger partial charge in [0.15, 0.2) is 0 Å². The molecule has 45 heavy (non-hydrogen) atoms. The molecule has 5 N–H and O–H groups in total. The Bertz CT molecular complexity index is 1070. The Kier molecular flexibility index (Phi) is 20.0. The van der Waals surface area contributed by atoms with Crippen LogP contribution in [0, 0.1) is 0 Å². The SMILES string of the molecule is CCC(CC(=O)NC(CC(C)=O)CC(=O)NC(CC(C)=O)CC(=O)NC(CC(C)=O)CC(=O)NC(CC(C)=O)CC(C)=O)NC. The lowest BCUT2D eigenvalue weighted by Gasteiger charge is -2.23. The average molecular weight is 638 g/mol. The zero-order chi connectivity index (χ0) is 34.7. The van der Waals surface area contributed by atoms with Crippen molar-refractivity contribution < 1.29 is 43.2 Å². The molecule has 0 heterocycles. The average Bonchev–Trinajstić information content (AvgIpc) is 2.84. The van der Waals surface area contributed by atoms with Gasteiger partial charge in [-0.1, -0.05) is 6.92 Å². The van der Waals surface area contributed by atoms with Gasteiger partial charge in [0.2, 0.25) is 23.6 Å². The lowest BCUT2D eigenvalue weighted by atomic mass is 10.0. The van der Waals surface area contributed by atoms with Crippen LogP contribution in [0.5, 0.6) is 0 Å². The van der Waals surface area contributed by atoms with Crippen molar-refractivity contribution in [3.63, 3.8) is 0 Å². The maximum atomic E-state index is 13.0. The third-order valence-corrected chi connectivity index (χ3v) is 6.76. The smallest absolute Gasteiger partial charge is 0.222 e. The molecular weight excluding hydrogens is 586 g/mol. The molecule has 4 atom stereocenters. The molecule has 0 aliphatic heterocycles. The summed E-state index contributed by atoms with van der Waals surface area (Å²) in [6.07, 6.45) is -0.582. The van der Waals surface area contributed by atoms with Crippen LogP contribution in [0.15, 0.2) is 0 Å². The second-order valence-electron chi connectivity index (χ2n) is 11.8. The van der Waals surface area contributed by atoms with Gasteiger partial charge in [-0.2, -0.15) is 0 Å². The van der Waals surface area contributed by atoms with E-state index in [1.165, 1.54) is 34.6 Å². The molecule has 0 aromatic rings. The summed E-state index contributed by atoms with van der Waals surface area (Å²) in [5, 5.41) is 13.6. The zero-order valence-electron chi connectivity index (χ0n) is 27.6. The van der Waals surface area contributed by atoms with Crippen molar-refractivity contribution in [2.75, 3.05) is 7.05 Å². The first-order valence-electron chi connectivity index (χ1n) is 15.3. The Hall–Kier alpha value is -3.81. The van der Waals surface area contributed by atoms with Crippen molar-refractivity contribution in [1.82, 2.24) is 26.6 Å². The minimum absolute atomic E-state index is 0.0480. The van der Waals surface area contributed by atoms with Crippen LogP contribution in [0.2, 0.25) is 0 Å². The molecule has 0 bridgehead atoms. The van der Waals surface area contributed by atoms with E-state index in [9.17, 15) is 43.2 Å². The Balaban J connectivity index is 5.48. The molecule has 0 saturated carbocycles. The molecule has 0 aromatic carbocycles. The van der Waals surface area contributed by atoms with Crippen LogP contribution >= 0.6 is 0 Å². The molecule has 0 spiro atoms. The van der Waals surface area contributed by atoms with Crippen LogP contribution in [0.4, 0.5) is 0 Å². The van der Waals surface area contributed by atoms with Crippen LogP contribution in [-0.2, 0) is 43.2 Å². The summed E-state index contributed by atoms with van der Waals surface area (Å²) in [6.45, 7) is 8.51. The van der Waals surface area contributed by atoms with Crippen molar-refractivity contribution in [2.45, 2.75) is 136 Å². The molecule has 254 valence electrons. The molecule has 0 rings (SSSR count). The number of Topliss-reactive ketones (excluding diaryl/α,β-unsaturated/α-hetero) is 5.